The van der Waals surface area contributed by atoms with Crippen molar-refractivity contribution in [2.75, 3.05) is 6.26 Å². The summed E-state index contributed by atoms with van der Waals surface area (Å²) in [6.45, 7) is 0. The summed E-state index contributed by atoms with van der Waals surface area (Å²) >= 11 is 1.71. The lowest BCUT2D eigenvalue weighted by Crippen LogP contribution is -1.97. The third-order valence-electron chi connectivity index (χ3n) is 2.74. The average Bonchev–Trinajstić information content (AvgIpc) is 2.40. The summed E-state index contributed by atoms with van der Waals surface area (Å²) in [5.41, 5.74) is 2.55. The zero-order valence-corrected chi connectivity index (χ0v) is 10.9. The van der Waals surface area contributed by atoms with E-state index in [-0.39, 0.29) is 0 Å². The lowest BCUT2D eigenvalue weighted by Gasteiger charge is -2.04. The molecule has 0 fully saturated rings. The Morgan fingerprint density at radius 1 is 1.11 bits per heavy atom. The summed E-state index contributed by atoms with van der Waals surface area (Å²) in [7, 11) is 0. The summed E-state index contributed by atoms with van der Waals surface area (Å²) in [6, 6.07) is 15.4. The maximum absolute atomic E-state index is 10.9. The molecule has 0 saturated carbocycles. The second kappa shape index (κ2) is 5.74. The topological polar surface area (TPSA) is 37.3 Å². The highest BCUT2D eigenvalue weighted by Gasteiger charge is 2.03. The molecule has 0 radical (unpaired) electrons. The highest BCUT2D eigenvalue weighted by molar-refractivity contribution is 7.98. The molecule has 0 bridgehead atoms. The fraction of sp³-hybridized carbons (Fsp3) is 0.133. The molecule has 2 nitrogen and oxygen atoms in total. The molecule has 2 aromatic rings. The van der Waals surface area contributed by atoms with E-state index in [4.69, 9.17) is 5.11 Å². The van der Waals surface area contributed by atoms with Crippen LogP contribution in [-0.2, 0) is 6.42 Å². The van der Waals surface area contributed by atoms with E-state index < -0.39 is 5.97 Å². The minimum Gasteiger partial charge on any atom is -0.478 e. The molecule has 0 unspecified atom stereocenters. The van der Waals surface area contributed by atoms with Crippen LogP contribution in [0, 0.1) is 0 Å². The molecule has 0 aliphatic carbocycles. The van der Waals surface area contributed by atoms with Crippen LogP contribution in [0.15, 0.2) is 53.4 Å². The molecule has 2 aromatic carbocycles. The monoisotopic (exact) mass is 258 g/mol. The van der Waals surface area contributed by atoms with Crippen molar-refractivity contribution in [3.63, 3.8) is 0 Å². The normalized spacial score (nSPS) is 10.3. The highest BCUT2D eigenvalue weighted by Crippen LogP contribution is 2.17. The second-order valence-corrected chi connectivity index (χ2v) is 4.91. The molecule has 0 aromatic heterocycles. The maximum atomic E-state index is 10.9. The van der Waals surface area contributed by atoms with Gasteiger partial charge in [-0.05, 0) is 48.1 Å². The SMILES string of the molecule is CSc1ccc(Cc2cccc(C(=O)O)c2)cc1. The van der Waals surface area contributed by atoms with Gasteiger partial charge in [-0.25, -0.2) is 4.79 Å². The van der Waals surface area contributed by atoms with E-state index in [1.807, 2.05) is 12.3 Å². The number of benzene rings is 2. The smallest absolute Gasteiger partial charge is 0.335 e. The van der Waals surface area contributed by atoms with E-state index in [1.54, 1.807) is 30.0 Å². The lowest BCUT2D eigenvalue weighted by molar-refractivity contribution is 0.0697. The fourth-order valence-electron chi connectivity index (χ4n) is 1.79. The van der Waals surface area contributed by atoms with Gasteiger partial charge in [-0.2, -0.15) is 0 Å². The highest BCUT2D eigenvalue weighted by atomic mass is 32.2. The first-order valence-electron chi connectivity index (χ1n) is 5.64. The third kappa shape index (κ3) is 3.14. The number of hydrogen-bond acceptors (Lipinski definition) is 2. The van der Waals surface area contributed by atoms with Gasteiger partial charge in [-0.3, -0.25) is 0 Å². The molecule has 0 aliphatic heterocycles. The largest absolute Gasteiger partial charge is 0.478 e. The van der Waals surface area contributed by atoms with Crippen LogP contribution in [0.1, 0.15) is 21.5 Å². The first-order chi connectivity index (χ1) is 8.69. The van der Waals surface area contributed by atoms with Crippen molar-refractivity contribution in [3.8, 4) is 0 Å². The van der Waals surface area contributed by atoms with Crippen LogP contribution in [-0.4, -0.2) is 17.3 Å². The van der Waals surface area contributed by atoms with Crippen molar-refractivity contribution in [2.45, 2.75) is 11.3 Å². The Labute approximate surface area is 111 Å². The fourth-order valence-corrected chi connectivity index (χ4v) is 2.20. The first-order valence-corrected chi connectivity index (χ1v) is 6.86. The molecule has 0 amide bonds. The molecular weight excluding hydrogens is 244 g/mol. The summed E-state index contributed by atoms with van der Waals surface area (Å²) in [5.74, 6) is -0.880. The summed E-state index contributed by atoms with van der Waals surface area (Å²) in [5, 5.41) is 8.94. The van der Waals surface area contributed by atoms with Crippen LogP contribution in [0.2, 0.25) is 0 Å². The predicted molar refractivity (Wildman–Crippen MR) is 74.4 cm³/mol. The Hall–Kier alpha value is -1.74. The van der Waals surface area contributed by atoms with Gasteiger partial charge in [-0.1, -0.05) is 24.3 Å². The van der Waals surface area contributed by atoms with E-state index in [0.29, 0.717) is 5.56 Å². The Kier molecular flexibility index (Phi) is 4.05. The van der Waals surface area contributed by atoms with E-state index in [2.05, 4.69) is 24.3 Å². The molecule has 0 spiro atoms. The van der Waals surface area contributed by atoms with Crippen LogP contribution >= 0.6 is 11.8 Å². The van der Waals surface area contributed by atoms with Crippen LogP contribution in [0.3, 0.4) is 0 Å². The van der Waals surface area contributed by atoms with Crippen LogP contribution < -0.4 is 0 Å². The molecule has 0 atom stereocenters. The molecule has 18 heavy (non-hydrogen) atoms. The number of carboxylic acid groups (broad SMARTS) is 1. The van der Waals surface area contributed by atoms with Gasteiger partial charge >= 0.3 is 5.97 Å². The number of carbonyl (C=O) groups is 1. The molecular formula is C15H14O2S. The Balaban J connectivity index is 2.17. The van der Waals surface area contributed by atoms with Gasteiger partial charge < -0.3 is 5.11 Å². The standard InChI is InChI=1S/C15H14O2S/c1-18-14-7-5-11(6-8-14)9-12-3-2-4-13(10-12)15(16)17/h2-8,10H,9H2,1H3,(H,16,17). The summed E-state index contributed by atoms with van der Waals surface area (Å²) in [6.07, 6.45) is 2.81. The van der Waals surface area contributed by atoms with Gasteiger partial charge in [0.15, 0.2) is 0 Å². The van der Waals surface area contributed by atoms with Crippen molar-refractivity contribution < 1.29 is 9.90 Å². The second-order valence-electron chi connectivity index (χ2n) is 4.03. The zero-order valence-electron chi connectivity index (χ0n) is 10.1. The van der Waals surface area contributed by atoms with Gasteiger partial charge in [0.2, 0.25) is 0 Å². The van der Waals surface area contributed by atoms with Crippen molar-refractivity contribution >= 4 is 17.7 Å². The summed E-state index contributed by atoms with van der Waals surface area (Å²) in [4.78, 5) is 12.1. The van der Waals surface area contributed by atoms with Crippen LogP contribution in [0.4, 0.5) is 0 Å². The van der Waals surface area contributed by atoms with Crippen molar-refractivity contribution in [1.29, 1.82) is 0 Å². The van der Waals surface area contributed by atoms with E-state index in [0.717, 1.165) is 12.0 Å². The predicted octanol–water partition coefficient (Wildman–Crippen LogP) is 3.70. The molecule has 2 rings (SSSR count). The molecule has 0 heterocycles. The molecule has 92 valence electrons. The lowest BCUT2D eigenvalue weighted by atomic mass is 10.0. The number of hydrogen-bond donors (Lipinski definition) is 1. The number of thioether (sulfide) groups is 1. The quantitative estimate of drug-likeness (QED) is 0.850. The van der Waals surface area contributed by atoms with E-state index >= 15 is 0 Å². The number of aromatic carboxylic acids is 1. The summed E-state index contributed by atoms with van der Waals surface area (Å²) < 4.78 is 0. The number of rotatable bonds is 4. The molecule has 0 saturated heterocycles. The third-order valence-corrected chi connectivity index (χ3v) is 3.48. The Bertz CT molecular complexity index is 547. The van der Waals surface area contributed by atoms with Crippen molar-refractivity contribution in [3.05, 3.63) is 65.2 Å². The zero-order chi connectivity index (χ0) is 13.0. The first kappa shape index (κ1) is 12.7. The Morgan fingerprint density at radius 3 is 2.44 bits per heavy atom. The van der Waals surface area contributed by atoms with Gasteiger partial charge in [0.1, 0.15) is 0 Å². The van der Waals surface area contributed by atoms with Crippen LogP contribution in [0.25, 0.3) is 0 Å². The van der Waals surface area contributed by atoms with E-state index in [9.17, 15) is 4.79 Å². The van der Waals surface area contributed by atoms with Gasteiger partial charge in [0, 0.05) is 4.90 Å². The Morgan fingerprint density at radius 2 is 1.83 bits per heavy atom. The van der Waals surface area contributed by atoms with Gasteiger partial charge in [0.05, 0.1) is 5.56 Å². The minimum atomic E-state index is -0.880. The van der Waals surface area contributed by atoms with Gasteiger partial charge in [-0.15, -0.1) is 11.8 Å². The van der Waals surface area contributed by atoms with Crippen molar-refractivity contribution in [2.24, 2.45) is 0 Å². The number of carboxylic acids is 1. The molecule has 1 N–H and O–H groups in total. The molecule has 0 aliphatic rings. The van der Waals surface area contributed by atoms with Crippen LogP contribution in [0.5, 0.6) is 0 Å². The maximum Gasteiger partial charge on any atom is 0.335 e. The van der Waals surface area contributed by atoms with Gasteiger partial charge in [0.25, 0.3) is 0 Å². The minimum absolute atomic E-state index is 0.341. The van der Waals surface area contributed by atoms with E-state index in [1.165, 1.54) is 10.5 Å². The van der Waals surface area contributed by atoms with Crippen molar-refractivity contribution in [1.82, 2.24) is 0 Å². The molecule has 3 heteroatoms. The average molecular weight is 258 g/mol.